The number of hydrogen-bond acceptors (Lipinski definition) is 6. The van der Waals surface area contributed by atoms with Crippen LogP contribution in [0.4, 0.5) is 0 Å². The molecule has 0 amide bonds. The second kappa shape index (κ2) is 14.1. The maximum atomic E-state index is 6.04. The summed E-state index contributed by atoms with van der Waals surface area (Å²) in [4.78, 5) is 0. The summed E-state index contributed by atoms with van der Waals surface area (Å²) in [7, 11) is 0. The third-order valence-electron chi connectivity index (χ3n) is 6.78. The normalized spacial score (nSPS) is 18.8. The molecule has 6 rings (SSSR count). The van der Waals surface area contributed by atoms with Gasteiger partial charge in [0.25, 0.3) is 0 Å². The molecule has 41 heavy (non-hydrogen) atoms. The molecule has 0 radical (unpaired) electrons. The first kappa shape index (κ1) is 27.9. The third kappa shape index (κ3) is 8.38. The second-order valence-electron chi connectivity index (χ2n) is 9.98. The molecule has 2 aliphatic rings. The van der Waals surface area contributed by atoms with Crippen molar-refractivity contribution in [1.82, 2.24) is 0 Å². The van der Waals surface area contributed by atoms with Crippen molar-refractivity contribution >= 4 is 0 Å². The van der Waals surface area contributed by atoms with E-state index in [1.165, 1.54) is 7.14 Å². The molecule has 2 heterocycles. The number of hydrogen-bond donors (Lipinski definition) is 0. The number of rotatable bonds is 10. The molecule has 6 nitrogen and oxygen atoms in total. The molecule has 2 atom stereocenters. The Balaban J connectivity index is 0.968. The highest BCUT2D eigenvalue weighted by molar-refractivity contribution is 5.36. The average molecular weight is 666 g/mol. The fourth-order valence-electron chi connectivity index (χ4n) is 4.61. The number of benzene rings is 4. The fourth-order valence-corrected chi connectivity index (χ4v) is 6.77. The highest BCUT2D eigenvalue weighted by atomic mass is 127. The Bertz CT molecular complexity index is 1240. The van der Waals surface area contributed by atoms with E-state index in [9.17, 15) is 0 Å². The summed E-state index contributed by atoms with van der Waals surface area (Å²) >= 11 is -0.313. The first-order valence-electron chi connectivity index (χ1n) is 14.2. The van der Waals surface area contributed by atoms with Gasteiger partial charge in [0, 0.05) is 12.8 Å². The van der Waals surface area contributed by atoms with Crippen molar-refractivity contribution in [3.05, 3.63) is 104 Å². The zero-order valence-electron chi connectivity index (χ0n) is 22.9. The molecule has 0 bridgehead atoms. The van der Waals surface area contributed by atoms with Gasteiger partial charge >= 0.3 is 21.2 Å². The van der Waals surface area contributed by atoms with Crippen molar-refractivity contribution in [2.45, 2.75) is 51.1 Å². The molecule has 212 valence electrons. The van der Waals surface area contributed by atoms with Gasteiger partial charge < -0.3 is 28.4 Å². The Morgan fingerprint density at radius 2 is 0.780 bits per heavy atom. The fraction of sp³-hybridized carbons (Fsp3) is 0.294. The van der Waals surface area contributed by atoms with Crippen molar-refractivity contribution < 1.29 is 49.6 Å². The van der Waals surface area contributed by atoms with E-state index >= 15 is 0 Å². The highest BCUT2D eigenvalue weighted by Gasteiger charge is 2.18. The van der Waals surface area contributed by atoms with Crippen LogP contribution in [-0.4, -0.2) is 25.8 Å². The molecular weight excluding hydrogens is 631 g/mol. The van der Waals surface area contributed by atoms with Crippen LogP contribution in [0.2, 0.25) is 0 Å². The highest BCUT2D eigenvalue weighted by Crippen LogP contribution is 2.27. The summed E-state index contributed by atoms with van der Waals surface area (Å²) in [5.41, 5.74) is 0. The molecule has 7 heteroatoms. The van der Waals surface area contributed by atoms with Crippen LogP contribution in [0.15, 0.2) is 97.1 Å². The average Bonchev–Trinajstić information content (AvgIpc) is 3.02. The van der Waals surface area contributed by atoms with Crippen LogP contribution in [0.1, 0.15) is 38.5 Å². The van der Waals surface area contributed by atoms with E-state index in [-0.39, 0.29) is 33.8 Å². The topological polar surface area (TPSA) is 55.4 Å². The van der Waals surface area contributed by atoms with Crippen LogP contribution < -0.4 is 40.2 Å². The summed E-state index contributed by atoms with van der Waals surface area (Å²) in [6.45, 7) is 1.54. The molecule has 0 spiro atoms. The Morgan fingerprint density at radius 3 is 1.12 bits per heavy atom. The Morgan fingerprint density at radius 1 is 0.439 bits per heavy atom. The van der Waals surface area contributed by atoms with Gasteiger partial charge in [0.05, 0.1) is 13.2 Å². The molecule has 0 saturated carbocycles. The number of halogens is 1. The van der Waals surface area contributed by atoms with E-state index in [0.29, 0.717) is 0 Å². The van der Waals surface area contributed by atoms with Crippen molar-refractivity contribution in [3.63, 3.8) is 0 Å². The lowest BCUT2D eigenvalue weighted by Crippen LogP contribution is -3.61. The van der Waals surface area contributed by atoms with E-state index in [0.717, 1.165) is 86.2 Å². The maximum absolute atomic E-state index is 6.04. The smallest absolute Gasteiger partial charge is 0.357 e. The molecule has 2 unspecified atom stereocenters. The molecular formula is C34H34IO6+. The summed E-state index contributed by atoms with van der Waals surface area (Å²) in [5, 5.41) is 0. The standard InChI is InChI=1S/C34H34IO6/c1-3-23-36-33(5-1)40-31-19-15-29(16-20-31)38-27-11-7-25(8-12-27)35-26-9-13-28(14-10-26)39-30-17-21-32(22-18-30)41-34-6-2-4-24-37-34/h7-22,33-34H,1-6,23-24H2/q+1. The van der Waals surface area contributed by atoms with Crippen molar-refractivity contribution in [1.29, 1.82) is 0 Å². The molecule has 2 fully saturated rings. The summed E-state index contributed by atoms with van der Waals surface area (Å²) < 4.78 is 37.8. The van der Waals surface area contributed by atoms with Crippen LogP contribution in [-0.2, 0) is 9.47 Å². The van der Waals surface area contributed by atoms with Gasteiger partial charge in [-0.15, -0.1) is 0 Å². The summed E-state index contributed by atoms with van der Waals surface area (Å²) in [6, 6.07) is 32.1. The zero-order valence-corrected chi connectivity index (χ0v) is 25.0. The zero-order chi connectivity index (χ0) is 27.7. The van der Waals surface area contributed by atoms with E-state index in [1.54, 1.807) is 0 Å². The monoisotopic (exact) mass is 665 g/mol. The first-order chi connectivity index (χ1) is 20.2. The Hall–Kier alpha value is -3.27. The van der Waals surface area contributed by atoms with Crippen LogP contribution in [0, 0.1) is 7.14 Å². The second-order valence-corrected chi connectivity index (χ2v) is 13.0. The van der Waals surface area contributed by atoms with Gasteiger partial charge in [0.1, 0.15) is 34.5 Å². The largest absolute Gasteiger partial charge is 0.465 e. The van der Waals surface area contributed by atoms with Gasteiger partial charge in [-0.25, -0.2) is 0 Å². The van der Waals surface area contributed by atoms with Crippen LogP contribution >= 0.6 is 0 Å². The minimum Gasteiger partial charge on any atom is -0.465 e. The molecule has 2 saturated heterocycles. The van der Waals surface area contributed by atoms with Crippen LogP contribution in [0.5, 0.6) is 34.5 Å². The van der Waals surface area contributed by atoms with Gasteiger partial charge in [-0.1, -0.05) is 0 Å². The predicted octanol–water partition coefficient (Wildman–Crippen LogP) is 5.21. The Labute approximate surface area is 251 Å². The van der Waals surface area contributed by atoms with E-state index in [2.05, 4.69) is 24.3 Å². The van der Waals surface area contributed by atoms with E-state index in [1.807, 2.05) is 72.8 Å². The lowest BCUT2D eigenvalue weighted by atomic mass is 10.2. The molecule has 2 aliphatic heterocycles. The van der Waals surface area contributed by atoms with Gasteiger partial charge in [0.2, 0.25) is 0 Å². The Kier molecular flexibility index (Phi) is 9.57. The predicted molar refractivity (Wildman–Crippen MR) is 152 cm³/mol. The lowest BCUT2D eigenvalue weighted by Gasteiger charge is -2.23. The third-order valence-corrected chi connectivity index (χ3v) is 9.46. The van der Waals surface area contributed by atoms with Crippen LogP contribution in [0.3, 0.4) is 0 Å². The molecule has 4 aromatic rings. The van der Waals surface area contributed by atoms with Crippen molar-refractivity contribution in [3.8, 4) is 34.5 Å². The number of ether oxygens (including phenoxy) is 6. The minimum atomic E-state index is -0.313. The quantitative estimate of drug-likeness (QED) is 0.217. The lowest BCUT2D eigenvalue weighted by molar-refractivity contribution is -0.597. The van der Waals surface area contributed by atoms with Gasteiger partial charge in [-0.05, 0) is 123 Å². The molecule has 0 aromatic heterocycles. The molecule has 0 aliphatic carbocycles. The van der Waals surface area contributed by atoms with Gasteiger partial charge in [-0.2, -0.15) is 0 Å². The minimum absolute atomic E-state index is 0.144. The SMILES string of the molecule is c1cc(OC2CCCCO2)ccc1Oc1ccc([I+]c2ccc(Oc3ccc(OC4CCCCO4)cc3)cc2)cc1. The van der Waals surface area contributed by atoms with Gasteiger partial charge in [0.15, 0.2) is 19.7 Å². The van der Waals surface area contributed by atoms with Gasteiger partial charge in [-0.3, -0.25) is 0 Å². The first-order valence-corrected chi connectivity index (χ1v) is 16.4. The molecule has 0 N–H and O–H groups in total. The van der Waals surface area contributed by atoms with E-state index in [4.69, 9.17) is 28.4 Å². The van der Waals surface area contributed by atoms with E-state index < -0.39 is 0 Å². The van der Waals surface area contributed by atoms with Crippen LogP contribution in [0.25, 0.3) is 0 Å². The van der Waals surface area contributed by atoms with Crippen molar-refractivity contribution in [2.75, 3.05) is 13.2 Å². The van der Waals surface area contributed by atoms with Crippen molar-refractivity contribution in [2.24, 2.45) is 0 Å². The molecule has 4 aromatic carbocycles. The maximum Gasteiger partial charge on any atom is 0.357 e. The summed E-state index contributed by atoms with van der Waals surface area (Å²) in [5.74, 6) is 4.78. The summed E-state index contributed by atoms with van der Waals surface area (Å²) in [6.07, 6.45) is 6.10.